The summed E-state index contributed by atoms with van der Waals surface area (Å²) in [6, 6.07) is 5.89. The molecule has 0 radical (unpaired) electrons. The van der Waals surface area contributed by atoms with Crippen molar-refractivity contribution in [3.63, 3.8) is 0 Å². The molecule has 1 aromatic carbocycles. The number of hydrogen-bond acceptors (Lipinski definition) is 3. The van der Waals surface area contributed by atoms with Crippen LogP contribution in [0.15, 0.2) is 24.3 Å². The van der Waals surface area contributed by atoms with E-state index in [1.165, 1.54) is 18.2 Å². The number of aromatic carboxylic acids is 1. The highest BCUT2D eigenvalue weighted by molar-refractivity contribution is 6.24. The van der Waals surface area contributed by atoms with Crippen LogP contribution in [0.25, 0.3) is 0 Å². The number of imide groups is 1. The zero-order valence-electron chi connectivity index (χ0n) is 8.79. The van der Waals surface area contributed by atoms with Crippen LogP contribution in [0.1, 0.15) is 16.8 Å². The van der Waals surface area contributed by atoms with Crippen molar-refractivity contribution in [3.8, 4) is 0 Å². The molecule has 2 amide bonds. The second-order valence-corrected chi connectivity index (χ2v) is 4.32. The molecule has 0 bridgehead atoms. The van der Waals surface area contributed by atoms with Crippen molar-refractivity contribution in [2.24, 2.45) is 11.8 Å². The van der Waals surface area contributed by atoms with Gasteiger partial charge in [-0.05, 0) is 24.6 Å². The molecule has 0 aromatic heterocycles. The standard InChI is InChI=1S/C12H9NO4/c14-10-8-5-9(8)11(15)13(10)7-3-1-2-6(4-7)12(16)17/h1-4,8-9H,5H2,(H,16,17). The Hall–Kier alpha value is -2.17. The molecule has 1 aliphatic heterocycles. The number of fused-ring (bicyclic) bond motifs is 1. The Bertz CT molecular complexity index is 531. The number of carboxylic acid groups (broad SMARTS) is 1. The van der Waals surface area contributed by atoms with Crippen molar-refractivity contribution in [2.75, 3.05) is 4.90 Å². The molecular weight excluding hydrogens is 222 g/mol. The number of amides is 2. The van der Waals surface area contributed by atoms with E-state index in [-0.39, 0.29) is 29.2 Å². The fourth-order valence-corrected chi connectivity index (χ4v) is 2.21. The maximum atomic E-state index is 11.8. The fourth-order valence-electron chi connectivity index (χ4n) is 2.21. The molecule has 1 saturated heterocycles. The Morgan fingerprint density at radius 1 is 1.24 bits per heavy atom. The van der Waals surface area contributed by atoms with Gasteiger partial charge in [0.1, 0.15) is 0 Å². The molecule has 1 aromatic rings. The monoisotopic (exact) mass is 231 g/mol. The highest BCUT2D eigenvalue weighted by Crippen LogP contribution is 2.48. The molecule has 5 nitrogen and oxygen atoms in total. The number of carbonyl (C=O) groups excluding carboxylic acids is 2. The second-order valence-electron chi connectivity index (χ2n) is 4.32. The lowest BCUT2D eigenvalue weighted by atomic mass is 10.2. The van der Waals surface area contributed by atoms with Gasteiger partial charge in [0.05, 0.1) is 23.1 Å². The lowest BCUT2D eigenvalue weighted by Gasteiger charge is -2.16. The van der Waals surface area contributed by atoms with E-state index in [1.54, 1.807) is 6.07 Å². The van der Waals surface area contributed by atoms with Gasteiger partial charge >= 0.3 is 5.97 Å². The van der Waals surface area contributed by atoms with Gasteiger partial charge in [0.15, 0.2) is 0 Å². The maximum absolute atomic E-state index is 11.8. The first-order valence-electron chi connectivity index (χ1n) is 5.31. The molecule has 2 atom stereocenters. The molecule has 2 aliphatic rings. The summed E-state index contributed by atoms with van der Waals surface area (Å²) >= 11 is 0. The van der Waals surface area contributed by atoms with Crippen LogP contribution in [-0.2, 0) is 9.59 Å². The first-order chi connectivity index (χ1) is 8.09. The summed E-state index contributed by atoms with van der Waals surface area (Å²) in [5, 5.41) is 8.86. The summed E-state index contributed by atoms with van der Waals surface area (Å²) in [4.78, 5) is 35.5. The number of piperidine rings is 1. The van der Waals surface area contributed by atoms with Gasteiger partial charge < -0.3 is 5.11 Å². The largest absolute Gasteiger partial charge is 0.478 e. The summed E-state index contributed by atoms with van der Waals surface area (Å²) in [5.74, 6) is -1.83. The van der Waals surface area contributed by atoms with E-state index in [4.69, 9.17) is 5.11 Å². The van der Waals surface area contributed by atoms with E-state index in [0.717, 1.165) is 4.90 Å². The number of benzene rings is 1. The van der Waals surface area contributed by atoms with Gasteiger partial charge in [0.2, 0.25) is 11.8 Å². The van der Waals surface area contributed by atoms with Gasteiger partial charge in [-0.15, -0.1) is 0 Å². The molecule has 1 heterocycles. The van der Waals surface area contributed by atoms with Crippen LogP contribution in [0.5, 0.6) is 0 Å². The number of nitrogens with zero attached hydrogens (tertiary/aromatic N) is 1. The molecule has 1 N–H and O–H groups in total. The van der Waals surface area contributed by atoms with Crippen LogP contribution in [0, 0.1) is 11.8 Å². The minimum Gasteiger partial charge on any atom is -0.478 e. The van der Waals surface area contributed by atoms with Crippen molar-refractivity contribution in [2.45, 2.75) is 6.42 Å². The molecule has 2 unspecified atom stereocenters. The third-order valence-electron chi connectivity index (χ3n) is 3.22. The Balaban J connectivity index is 1.99. The molecule has 2 fully saturated rings. The molecule has 1 saturated carbocycles. The van der Waals surface area contributed by atoms with E-state index in [0.29, 0.717) is 12.1 Å². The van der Waals surface area contributed by atoms with E-state index in [9.17, 15) is 14.4 Å². The van der Waals surface area contributed by atoms with Gasteiger partial charge in [-0.2, -0.15) is 0 Å². The number of carboxylic acids is 1. The first kappa shape index (κ1) is 10.0. The van der Waals surface area contributed by atoms with E-state index < -0.39 is 5.97 Å². The smallest absolute Gasteiger partial charge is 0.335 e. The zero-order valence-corrected chi connectivity index (χ0v) is 8.79. The number of carbonyl (C=O) groups is 3. The highest BCUT2D eigenvalue weighted by atomic mass is 16.4. The lowest BCUT2D eigenvalue weighted by Crippen LogP contribution is -2.32. The Morgan fingerprint density at radius 3 is 2.47 bits per heavy atom. The van der Waals surface area contributed by atoms with E-state index in [2.05, 4.69) is 0 Å². The van der Waals surface area contributed by atoms with Crippen molar-refractivity contribution in [1.29, 1.82) is 0 Å². The average molecular weight is 231 g/mol. The zero-order chi connectivity index (χ0) is 12.2. The number of anilines is 1. The maximum Gasteiger partial charge on any atom is 0.335 e. The first-order valence-corrected chi connectivity index (χ1v) is 5.31. The third-order valence-corrected chi connectivity index (χ3v) is 3.22. The van der Waals surface area contributed by atoms with Crippen LogP contribution in [0.4, 0.5) is 5.69 Å². The second kappa shape index (κ2) is 3.16. The van der Waals surface area contributed by atoms with Gasteiger partial charge in [0, 0.05) is 0 Å². The summed E-state index contributed by atoms with van der Waals surface area (Å²) in [6.45, 7) is 0. The quantitative estimate of drug-likeness (QED) is 0.767. The number of hydrogen-bond donors (Lipinski definition) is 1. The van der Waals surface area contributed by atoms with Crippen molar-refractivity contribution in [3.05, 3.63) is 29.8 Å². The third kappa shape index (κ3) is 1.35. The summed E-state index contributed by atoms with van der Waals surface area (Å²) < 4.78 is 0. The predicted octanol–water partition coefficient (Wildman–Crippen LogP) is 0.894. The fraction of sp³-hybridized carbons (Fsp3) is 0.250. The van der Waals surface area contributed by atoms with Gasteiger partial charge in [0.25, 0.3) is 0 Å². The van der Waals surface area contributed by atoms with Crippen molar-refractivity contribution >= 4 is 23.5 Å². The van der Waals surface area contributed by atoms with Crippen molar-refractivity contribution in [1.82, 2.24) is 0 Å². The molecule has 5 heteroatoms. The van der Waals surface area contributed by atoms with Gasteiger partial charge in [-0.1, -0.05) is 6.07 Å². The summed E-state index contributed by atoms with van der Waals surface area (Å²) in [5.41, 5.74) is 0.427. The Labute approximate surface area is 96.6 Å². The molecule has 1 aliphatic carbocycles. The van der Waals surface area contributed by atoms with E-state index in [1.807, 2.05) is 0 Å². The number of rotatable bonds is 2. The van der Waals surface area contributed by atoms with Gasteiger partial charge in [-0.3, -0.25) is 14.5 Å². The normalized spacial score (nSPS) is 26.0. The van der Waals surface area contributed by atoms with Crippen LogP contribution in [0.2, 0.25) is 0 Å². The molecule has 17 heavy (non-hydrogen) atoms. The minimum atomic E-state index is -1.07. The molecule has 3 rings (SSSR count). The lowest BCUT2D eigenvalue weighted by molar-refractivity contribution is -0.123. The SMILES string of the molecule is O=C(O)c1cccc(N2C(=O)C3CC3C2=O)c1. The van der Waals surface area contributed by atoms with Crippen LogP contribution < -0.4 is 4.90 Å². The topological polar surface area (TPSA) is 74.7 Å². The van der Waals surface area contributed by atoms with Crippen molar-refractivity contribution < 1.29 is 19.5 Å². The van der Waals surface area contributed by atoms with Crippen LogP contribution >= 0.6 is 0 Å². The summed E-state index contributed by atoms with van der Waals surface area (Å²) in [7, 11) is 0. The van der Waals surface area contributed by atoms with E-state index >= 15 is 0 Å². The molecule has 0 spiro atoms. The predicted molar refractivity (Wildman–Crippen MR) is 57.5 cm³/mol. The Kier molecular flexibility index (Phi) is 1.86. The molecular formula is C12H9NO4. The minimum absolute atomic E-state index is 0.0728. The average Bonchev–Trinajstić information content (AvgIpc) is 3.04. The van der Waals surface area contributed by atoms with Crippen LogP contribution in [-0.4, -0.2) is 22.9 Å². The highest BCUT2D eigenvalue weighted by Gasteiger charge is 2.59. The van der Waals surface area contributed by atoms with Crippen LogP contribution in [0.3, 0.4) is 0 Å². The Morgan fingerprint density at radius 2 is 1.88 bits per heavy atom. The van der Waals surface area contributed by atoms with Gasteiger partial charge in [-0.25, -0.2) is 4.79 Å². The molecule has 86 valence electrons. The summed E-state index contributed by atoms with van der Waals surface area (Å²) in [6.07, 6.45) is 0.646.